The maximum absolute atomic E-state index is 12.7. The summed E-state index contributed by atoms with van der Waals surface area (Å²) in [5.74, 6) is -0.962. The molecule has 0 fully saturated rings. The largest absolute Gasteiger partial charge is 0.481 e. The fourth-order valence-corrected chi connectivity index (χ4v) is 2.21. The molecule has 0 aliphatic rings. The molecule has 0 radical (unpaired) electrons. The predicted octanol–water partition coefficient (Wildman–Crippen LogP) is 4.27. The molecule has 2 aromatic carbocycles. The molecule has 4 nitrogen and oxygen atoms in total. The van der Waals surface area contributed by atoms with Crippen molar-refractivity contribution in [2.24, 2.45) is 5.16 Å². The molecular formula is C18H16F3NO3. The molecule has 132 valence electrons. The second-order valence-corrected chi connectivity index (χ2v) is 5.37. The maximum atomic E-state index is 12.7. The first-order valence-electron chi connectivity index (χ1n) is 7.40. The Bertz CT molecular complexity index is 785. The minimum Gasteiger partial charge on any atom is -0.481 e. The van der Waals surface area contributed by atoms with Gasteiger partial charge in [-0.15, -0.1) is 0 Å². The number of oxime groups is 1. The molecule has 2 aromatic rings. The summed E-state index contributed by atoms with van der Waals surface area (Å²) < 4.78 is 38.2. The van der Waals surface area contributed by atoms with Gasteiger partial charge in [-0.25, -0.2) is 0 Å². The van der Waals surface area contributed by atoms with E-state index < -0.39 is 17.7 Å². The van der Waals surface area contributed by atoms with Crippen LogP contribution in [0, 0.1) is 0 Å². The van der Waals surface area contributed by atoms with E-state index in [0.29, 0.717) is 22.4 Å². The van der Waals surface area contributed by atoms with Crippen molar-refractivity contribution in [1.82, 2.24) is 0 Å². The first kappa shape index (κ1) is 18.5. The average Bonchev–Trinajstić information content (AvgIpc) is 2.55. The van der Waals surface area contributed by atoms with Gasteiger partial charge < -0.3 is 9.94 Å². The lowest BCUT2D eigenvalue weighted by Crippen LogP contribution is -2.07. The van der Waals surface area contributed by atoms with Crippen molar-refractivity contribution in [3.8, 4) is 0 Å². The molecule has 25 heavy (non-hydrogen) atoms. The van der Waals surface area contributed by atoms with Crippen molar-refractivity contribution in [2.45, 2.75) is 26.1 Å². The highest BCUT2D eigenvalue weighted by molar-refractivity contribution is 5.98. The number of carbonyl (C=O) groups is 1. The van der Waals surface area contributed by atoms with E-state index in [2.05, 4.69) is 5.16 Å². The third-order valence-electron chi connectivity index (χ3n) is 3.49. The third-order valence-corrected chi connectivity index (χ3v) is 3.49. The lowest BCUT2D eigenvalue weighted by atomic mass is 10.1. The van der Waals surface area contributed by atoms with Gasteiger partial charge in [0, 0.05) is 0 Å². The van der Waals surface area contributed by atoms with Crippen LogP contribution in [-0.4, -0.2) is 16.8 Å². The maximum Gasteiger partial charge on any atom is 0.416 e. The molecule has 0 aromatic heterocycles. The number of halogens is 3. The van der Waals surface area contributed by atoms with E-state index >= 15 is 0 Å². The second kappa shape index (κ2) is 7.83. The standard InChI is InChI=1S/C18H16F3NO3/c1-12(13-7-4-8-16(9-13)18(19,20)21)22-25-11-15-6-3-2-5-14(15)10-17(23)24/h2-9H,10-11H2,1H3,(H,23,24)/b22-12-. The van der Waals surface area contributed by atoms with Crippen LogP contribution in [0.2, 0.25) is 0 Å². The zero-order valence-electron chi connectivity index (χ0n) is 13.4. The SMILES string of the molecule is C/C(=N/OCc1ccccc1CC(=O)O)c1cccc(C(F)(F)F)c1. The van der Waals surface area contributed by atoms with E-state index in [9.17, 15) is 18.0 Å². The van der Waals surface area contributed by atoms with E-state index in [1.165, 1.54) is 12.1 Å². The molecule has 0 amide bonds. The highest BCUT2D eigenvalue weighted by Gasteiger charge is 2.30. The Morgan fingerprint density at radius 3 is 2.44 bits per heavy atom. The molecular weight excluding hydrogens is 335 g/mol. The number of aliphatic carboxylic acids is 1. The predicted molar refractivity (Wildman–Crippen MR) is 86.2 cm³/mol. The lowest BCUT2D eigenvalue weighted by Gasteiger charge is -2.09. The van der Waals surface area contributed by atoms with Crippen molar-refractivity contribution in [2.75, 3.05) is 0 Å². The van der Waals surface area contributed by atoms with Gasteiger partial charge in [-0.05, 0) is 35.7 Å². The van der Waals surface area contributed by atoms with Crippen molar-refractivity contribution in [3.05, 3.63) is 70.8 Å². The van der Waals surface area contributed by atoms with Crippen LogP contribution in [0.1, 0.15) is 29.2 Å². The summed E-state index contributed by atoms with van der Waals surface area (Å²) >= 11 is 0. The van der Waals surface area contributed by atoms with Gasteiger partial charge in [0.1, 0.15) is 6.61 Å². The Balaban J connectivity index is 2.09. The summed E-state index contributed by atoms with van der Waals surface area (Å²) in [5.41, 5.74) is 1.09. The molecule has 0 spiro atoms. The van der Waals surface area contributed by atoms with Gasteiger partial charge >= 0.3 is 12.1 Å². The number of benzene rings is 2. The number of carboxylic acids is 1. The fourth-order valence-electron chi connectivity index (χ4n) is 2.21. The van der Waals surface area contributed by atoms with Crippen molar-refractivity contribution in [1.29, 1.82) is 0 Å². The first-order chi connectivity index (χ1) is 11.8. The Morgan fingerprint density at radius 2 is 1.80 bits per heavy atom. The molecule has 0 aliphatic heterocycles. The summed E-state index contributed by atoms with van der Waals surface area (Å²) in [4.78, 5) is 16.0. The Hall–Kier alpha value is -2.83. The monoisotopic (exact) mass is 351 g/mol. The van der Waals surface area contributed by atoms with Crippen LogP contribution in [0.25, 0.3) is 0 Å². The average molecular weight is 351 g/mol. The highest BCUT2D eigenvalue weighted by Crippen LogP contribution is 2.29. The van der Waals surface area contributed by atoms with Gasteiger partial charge in [-0.1, -0.05) is 41.6 Å². The molecule has 0 saturated heterocycles. The molecule has 0 atom stereocenters. The lowest BCUT2D eigenvalue weighted by molar-refractivity contribution is -0.138. The number of hydrogen-bond donors (Lipinski definition) is 1. The number of rotatable bonds is 6. The van der Waals surface area contributed by atoms with Crippen molar-refractivity contribution >= 4 is 11.7 Å². The Morgan fingerprint density at radius 1 is 1.12 bits per heavy atom. The molecule has 1 N–H and O–H groups in total. The normalized spacial score (nSPS) is 12.1. The smallest absolute Gasteiger partial charge is 0.416 e. The summed E-state index contributed by atoms with van der Waals surface area (Å²) in [5, 5.41) is 12.7. The third kappa shape index (κ3) is 5.34. The molecule has 0 aliphatic carbocycles. The zero-order valence-corrected chi connectivity index (χ0v) is 13.4. The summed E-state index contributed by atoms with van der Waals surface area (Å²) in [6.07, 6.45) is -4.57. The van der Waals surface area contributed by atoms with Crippen LogP contribution in [0.3, 0.4) is 0 Å². The number of hydrogen-bond acceptors (Lipinski definition) is 3. The van der Waals surface area contributed by atoms with Gasteiger partial charge in [0.05, 0.1) is 17.7 Å². The van der Waals surface area contributed by atoms with E-state index in [4.69, 9.17) is 9.94 Å². The highest BCUT2D eigenvalue weighted by atomic mass is 19.4. The van der Waals surface area contributed by atoms with Gasteiger partial charge in [-0.2, -0.15) is 13.2 Å². The van der Waals surface area contributed by atoms with Crippen LogP contribution in [0.5, 0.6) is 0 Å². The molecule has 2 rings (SSSR count). The molecule has 0 saturated carbocycles. The van der Waals surface area contributed by atoms with E-state index in [1.54, 1.807) is 31.2 Å². The van der Waals surface area contributed by atoms with Gasteiger partial charge in [0.25, 0.3) is 0 Å². The Labute approximate surface area is 142 Å². The Kier molecular flexibility index (Phi) is 5.80. The van der Waals surface area contributed by atoms with Crippen molar-refractivity contribution < 1.29 is 27.9 Å². The second-order valence-electron chi connectivity index (χ2n) is 5.37. The van der Waals surface area contributed by atoms with Crippen LogP contribution in [-0.2, 0) is 28.8 Å². The number of alkyl halides is 3. The van der Waals surface area contributed by atoms with Gasteiger partial charge in [-0.3, -0.25) is 4.79 Å². The molecule has 7 heteroatoms. The van der Waals surface area contributed by atoms with Crippen LogP contribution in [0.4, 0.5) is 13.2 Å². The van der Waals surface area contributed by atoms with Gasteiger partial charge in [0.2, 0.25) is 0 Å². The van der Waals surface area contributed by atoms with Gasteiger partial charge in [0.15, 0.2) is 0 Å². The zero-order chi connectivity index (χ0) is 18.4. The molecule has 0 unspecified atom stereocenters. The summed E-state index contributed by atoms with van der Waals surface area (Å²) in [6, 6.07) is 11.7. The topological polar surface area (TPSA) is 58.9 Å². The quantitative estimate of drug-likeness (QED) is 0.624. The summed E-state index contributed by atoms with van der Waals surface area (Å²) in [7, 11) is 0. The van der Waals surface area contributed by atoms with E-state index in [1.807, 2.05) is 0 Å². The van der Waals surface area contributed by atoms with E-state index in [0.717, 1.165) is 12.1 Å². The minimum atomic E-state index is -4.42. The van der Waals surface area contributed by atoms with Crippen LogP contribution >= 0.6 is 0 Å². The van der Waals surface area contributed by atoms with Crippen LogP contribution in [0.15, 0.2) is 53.7 Å². The van der Waals surface area contributed by atoms with Crippen LogP contribution < -0.4 is 0 Å². The minimum absolute atomic E-state index is 0.0275. The molecule has 0 bridgehead atoms. The fraction of sp³-hybridized carbons (Fsp3) is 0.222. The number of nitrogens with zero attached hydrogens (tertiary/aromatic N) is 1. The van der Waals surface area contributed by atoms with Crippen molar-refractivity contribution in [3.63, 3.8) is 0 Å². The molecule has 0 heterocycles. The first-order valence-corrected chi connectivity index (χ1v) is 7.40. The van der Waals surface area contributed by atoms with E-state index in [-0.39, 0.29) is 13.0 Å². The summed E-state index contributed by atoms with van der Waals surface area (Å²) in [6.45, 7) is 1.57. The number of carboxylic acid groups (broad SMARTS) is 1.